The highest BCUT2D eigenvalue weighted by Crippen LogP contribution is 2.24. The van der Waals surface area contributed by atoms with Crippen molar-refractivity contribution in [2.75, 3.05) is 0 Å². The van der Waals surface area contributed by atoms with Crippen LogP contribution in [0.3, 0.4) is 0 Å². The maximum Gasteiger partial charge on any atom is 0.233 e. The minimum atomic E-state index is -0.188. The summed E-state index contributed by atoms with van der Waals surface area (Å²) in [5.41, 5.74) is 3.10. The molecular weight excluding hydrogens is 200 g/mol. The van der Waals surface area contributed by atoms with Crippen LogP contribution >= 0.6 is 11.6 Å². The molecule has 0 radical (unpaired) electrons. The van der Waals surface area contributed by atoms with Gasteiger partial charge in [-0.15, -0.1) is 11.6 Å². The summed E-state index contributed by atoms with van der Waals surface area (Å²) in [5.74, 6) is 4.77. The van der Waals surface area contributed by atoms with Gasteiger partial charge in [-0.3, -0.25) is 10.2 Å². The van der Waals surface area contributed by atoms with E-state index in [1.54, 1.807) is 0 Å². The Balaban J connectivity index is 2.43. The number of hydrogen-bond acceptors (Lipinski definition) is 2. The van der Waals surface area contributed by atoms with E-state index in [2.05, 4.69) is 5.43 Å². The molecule has 1 rings (SSSR count). The van der Waals surface area contributed by atoms with Crippen molar-refractivity contribution in [1.82, 2.24) is 5.43 Å². The number of nitrogens with two attached hydrogens (primary N) is 1. The van der Waals surface area contributed by atoms with Gasteiger partial charge in [0.05, 0.1) is 5.38 Å². The molecule has 0 saturated carbocycles. The van der Waals surface area contributed by atoms with E-state index in [4.69, 9.17) is 17.4 Å². The first-order chi connectivity index (χ1) is 6.74. The lowest BCUT2D eigenvalue weighted by atomic mass is 10.1. The number of carbonyl (C=O) groups excluding carboxylic acids is 1. The number of hydrazine groups is 1. The van der Waals surface area contributed by atoms with Crippen molar-refractivity contribution in [3.8, 4) is 0 Å². The second-order valence-electron chi connectivity index (χ2n) is 2.98. The van der Waals surface area contributed by atoms with Crippen LogP contribution in [0.25, 0.3) is 0 Å². The molecule has 0 heterocycles. The summed E-state index contributed by atoms with van der Waals surface area (Å²) in [6.45, 7) is 0. The Hall–Kier alpha value is -1.06. The molecule has 0 aliphatic heterocycles. The van der Waals surface area contributed by atoms with Gasteiger partial charge in [0.15, 0.2) is 0 Å². The molecule has 0 bridgehead atoms. The van der Waals surface area contributed by atoms with Crippen LogP contribution in [-0.2, 0) is 4.79 Å². The first kappa shape index (κ1) is 11.0. The monoisotopic (exact) mass is 212 g/mol. The quantitative estimate of drug-likeness (QED) is 0.346. The van der Waals surface area contributed by atoms with E-state index in [0.29, 0.717) is 12.8 Å². The molecule has 0 aromatic heterocycles. The fourth-order valence-electron chi connectivity index (χ4n) is 1.16. The zero-order valence-corrected chi connectivity index (χ0v) is 8.50. The zero-order chi connectivity index (χ0) is 10.4. The fraction of sp³-hybridized carbons (Fsp3) is 0.300. The molecule has 76 valence electrons. The Kier molecular flexibility index (Phi) is 4.43. The van der Waals surface area contributed by atoms with Crippen LogP contribution in [0.4, 0.5) is 0 Å². The van der Waals surface area contributed by atoms with Gasteiger partial charge in [0.2, 0.25) is 5.91 Å². The third kappa shape index (κ3) is 3.36. The Labute approximate surface area is 88.2 Å². The Morgan fingerprint density at radius 3 is 2.64 bits per heavy atom. The van der Waals surface area contributed by atoms with Gasteiger partial charge >= 0.3 is 0 Å². The Bertz CT molecular complexity index is 289. The van der Waals surface area contributed by atoms with E-state index in [1.807, 2.05) is 30.3 Å². The summed E-state index contributed by atoms with van der Waals surface area (Å²) >= 11 is 6.09. The van der Waals surface area contributed by atoms with Crippen molar-refractivity contribution in [3.05, 3.63) is 35.9 Å². The molecule has 0 aliphatic carbocycles. The van der Waals surface area contributed by atoms with Crippen molar-refractivity contribution in [3.63, 3.8) is 0 Å². The molecule has 1 atom stereocenters. The highest BCUT2D eigenvalue weighted by atomic mass is 35.5. The topological polar surface area (TPSA) is 55.1 Å². The largest absolute Gasteiger partial charge is 0.294 e. The van der Waals surface area contributed by atoms with Gasteiger partial charge in [-0.25, -0.2) is 5.84 Å². The van der Waals surface area contributed by atoms with Gasteiger partial charge < -0.3 is 0 Å². The Morgan fingerprint density at radius 1 is 1.43 bits per heavy atom. The average Bonchev–Trinajstić information content (AvgIpc) is 2.26. The van der Waals surface area contributed by atoms with E-state index in [0.717, 1.165) is 5.56 Å². The highest BCUT2D eigenvalue weighted by Gasteiger charge is 2.09. The Morgan fingerprint density at radius 2 is 2.07 bits per heavy atom. The van der Waals surface area contributed by atoms with Crippen molar-refractivity contribution in [2.24, 2.45) is 5.84 Å². The van der Waals surface area contributed by atoms with Crippen LogP contribution in [-0.4, -0.2) is 5.91 Å². The SMILES string of the molecule is NNC(=O)CCC(Cl)c1ccccc1. The molecule has 3 nitrogen and oxygen atoms in total. The predicted molar refractivity (Wildman–Crippen MR) is 56.6 cm³/mol. The molecule has 0 fully saturated rings. The van der Waals surface area contributed by atoms with Gasteiger partial charge in [0.1, 0.15) is 0 Å². The smallest absolute Gasteiger partial charge is 0.233 e. The van der Waals surface area contributed by atoms with Crippen molar-refractivity contribution < 1.29 is 4.79 Å². The minimum absolute atomic E-state index is 0.131. The number of benzene rings is 1. The van der Waals surface area contributed by atoms with E-state index < -0.39 is 0 Å². The van der Waals surface area contributed by atoms with Gasteiger partial charge in [-0.2, -0.15) is 0 Å². The van der Waals surface area contributed by atoms with Crippen molar-refractivity contribution >= 4 is 17.5 Å². The predicted octanol–water partition coefficient (Wildman–Crippen LogP) is 1.74. The summed E-state index contributed by atoms with van der Waals surface area (Å²) < 4.78 is 0. The number of carbonyl (C=O) groups is 1. The lowest BCUT2D eigenvalue weighted by molar-refractivity contribution is -0.121. The molecule has 4 heteroatoms. The summed E-state index contributed by atoms with van der Waals surface area (Å²) in [4.78, 5) is 10.9. The maximum absolute atomic E-state index is 10.9. The number of hydrogen-bond donors (Lipinski definition) is 2. The maximum atomic E-state index is 10.9. The summed E-state index contributed by atoms with van der Waals surface area (Å²) in [7, 11) is 0. The molecule has 0 saturated heterocycles. The number of alkyl halides is 1. The van der Waals surface area contributed by atoms with Crippen LogP contribution in [0.15, 0.2) is 30.3 Å². The molecule has 1 unspecified atom stereocenters. The van der Waals surface area contributed by atoms with Crippen LogP contribution < -0.4 is 11.3 Å². The molecule has 1 aromatic rings. The molecular formula is C10H13ClN2O. The molecule has 0 spiro atoms. The van der Waals surface area contributed by atoms with Crippen molar-refractivity contribution in [2.45, 2.75) is 18.2 Å². The highest BCUT2D eigenvalue weighted by molar-refractivity contribution is 6.20. The molecule has 0 aliphatic rings. The molecule has 1 aromatic carbocycles. The van der Waals surface area contributed by atoms with Gasteiger partial charge in [0, 0.05) is 6.42 Å². The van der Waals surface area contributed by atoms with Crippen LogP contribution in [0.2, 0.25) is 0 Å². The van der Waals surface area contributed by atoms with Gasteiger partial charge in [-0.05, 0) is 12.0 Å². The molecule has 14 heavy (non-hydrogen) atoms. The second kappa shape index (κ2) is 5.62. The average molecular weight is 213 g/mol. The van der Waals surface area contributed by atoms with Crippen molar-refractivity contribution in [1.29, 1.82) is 0 Å². The zero-order valence-electron chi connectivity index (χ0n) is 7.74. The number of nitrogens with one attached hydrogen (secondary N) is 1. The molecule has 1 amide bonds. The number of halogens is 1. The normalized spacial score (nSPS) is 12.1. The van der Waals surface area contributed by atoms with Crippen LogP contribution in [0.1, 0.15) is 23.8 Å². The van der Waals surface area contributed by atoms with E-state index in [1.165, 1.54) is 0 Å². The summed E-state index contributed by atoms with van der Waals surface area (Å²) in [5, 5.41) is -0.131. The number of rotatable bonds is 4. The van der Waals surface area contributed by atoms with Crippen LogP contribution in [0, 0.1) is 0 Å². The minimum Gasteiger partial charge on any atom is -0.294 e. The molecule has 3 N–H and O–H groups in total. The van der Waals surface area contributed by atoms with E-state index in [9.17, 15) is 4.79 Å². The second-order valence-corrected chi connectivity index (χ2v) is 3.51. The van der Waals surface area contributed by atoms with Gasteiger partial charge in [0.25, 0.3) is 0 Å². The summed E-state index contributed by atoms with van der Waals surface area (Å²) in [6, 6.07) is 9.66. The third-order valence-corrected chi connectivity index (χ3v) is 2.42. The first-order valence-corrected chi connectivity index (χ1v) is 4.86. The standard InChI is InChI=1S/C10H13ClN2O/c11-9(6-7-10(14)13-12)8-4-2-1-3-5-8/h1-5,9H,6-7,12H2,(H,13,14). The lowest BCUT2D eigenvalue weighted by Gasteiger charge is -2.08. The van der Waals surface area contributed by atoms with E-state index in [-0.39, 0.29) is 11.3 Å². The van der Waals surface area contributed by atoms with E-state index >= 15 is 0 Å². The first-order valence-electron chi connectivity index (χ1n) is 4.42. The number of amides is 1. The summed E-state index contributed by atoms with van der Waals surface area (Å²) in [6.07, 6.45) is 0.939. The van der Waals surface area contributed by atoms with Crippen LogP contribution in [0.5, 0.6) is 0 Å². The third-order valence-electron chi connectivity index (χ3n) is 1.95. The fourth-order valence-corrected chi connectivity index (χ4v) is 1.41. The lowest BCUT2D eigenvalue weighted by Crippen LogP contribution is -2.29. The van der Waals surface area contributed by atoms with Gasteiger partial charge in [-0.1, -0.05) is 30.3 Å².